The molecule has 0 fully saturated rings. The topological polar surface area (TPSA) is 45.6 Å². The Bertz CT molecular complexity index is 639. The van der Waals surface area contributed by atoms with Gasteiger partial charge in [-0.2, -0.15) is 5.10 Å². The van der Waals surface area contributed by atoms with E-state index >= 15 is 0 Å². The molecular weight excluding hydrogens is 306 g/mol. The lowest BCUT2D eigenvalue weighted by Crippen LogP contribution is -2.23. The number of hydrogen-bond donors (Lipinski definition) is 2. The van der Waals surface area contributed by atoms with Crippen LogP contribution in [0.4, 0.5) is 5.69 Å². The zero-order chi connectivity index (χ0) is 16.5. The largest absolute Gasteiger partial charge is 0.493 e. The zero-order valence-electron chi connectivity index (χ0n) is 13.3. The summed E-state index contributed by atoms with van der Waals surface area (Å²) in [6.07, 6.45) is 1.71. The Hall–Kier alpha value is -2.40. The maximum Gasteiger partial charge on any atom is 0.191 e. The summed E-state index contributed by atoms with van der Waals surface area (Å²) in [7, 11) is 0. The predicted octanol–water partition coefficient (Wildman–Crippen LogP) is 4.04. The van der Waals surface area contributed by atoms with Crippen molar-refractivity contribution in [2.24, 2.45) is 11.0 Å². The second-order valence-corrected chi connectivity index (χ2v) is 5.87. The fourth-order valence-electron chi connectivity index (χ4n) is 1.76. The molecule has 2 N–H and O–H groups in total. The van der Waals surface area contributed by atoms with Gasteiger partial charge in [-0.25, -0.2) is 0 Å². The van der Waals surface area contributed by atoms with Crippen molar-refractivity contribution in [3.63, 3.8) is 0 Å². The Kier molecular flexibility index (Phi) is 6.56. The second-order valence-electron chi connectivity index (χ2n) is 5.46. The van der Waals surface area contributed by atoms with Gasteiger partial charge in [0.25, 0.3) is 0 Å². The van der Waals surface area contributed by atoms with Crippen molar-refractivity contribution in [3.8, 4) is 5.75 Å². The Morgan fingerprint density at radius 2 is 1.83 bits per heavy atom. The summed E-state index contributed by atoms with van der Waals surface area (Å²) < 4.78 is 5.64. The molecule has 23 heavy (non-hydrogen) atoms. The van der Waals surface area contributed by atoms with Gasteiger partial charge < -0.3 is 10.1 Å². The molecule has 0 aliphatic heterocycles. The van der Waals surface area contributed by atoms with Crippen LogP contribution in [0.5, 0.6) is 5.75 Å². The Morgan fingerprint density at radius 3 is 2.48 bits per heavy atom. The second kappa shape index (κ2) is 8.90. The fourth-order valence-corrected chi connectivity index (χ4v) is 1.93. The van der Waals surface area contributed by atoms with Crippen LogP contribution in [-0.4, -0.2) is 17.9 Å². The van der Waals surface area contributed by atoms with E-state index < -0.39 is 0 Å². The van der Waals surface area contributed by atoms with Crippen LogP contribution < -0.4 is 15.5 Å². The molecule has 0 aromatic heterocycles. The van der Waals surface area contributed by atoms with Gasteiger partial charge in [-0.3, -0.25) is 5.43 Å². The molecule has 0 aliphatic carbocycles. The molecule has 0 heterocycles. The number of rotatable bonds is 6. The van der Waals surface area contributed by atoms with E-state index in [2.05, 4.69) is 29.7 Å². The van der Waals surface area contributed by atoms with Crippen LogP contribution in [0.15, 0.2) is 59.7 Å². The molecule has 0 bridgehead atoms. The van der Waals surface area contributed by atoms with Gasteiger partial charge >= 0.3 is 0 Å². The summed E-state index contributed by atoms with van der Waals surface area (Å²) in [4.78, 5) is 0. The first-order valence-electron chi connectivity index (χ1n) is 7.51. The number of ether oxygens (including phenoxy) is 1. The van der Waals surface area contributed by atoms with Gasteiger partial charge in [0.2, 0.25) is 0 Å². The molecule has 0 amide bonds. The highest BCUT2D eigenvalue weighted by atomic mass is 32.1. The van der Waals surface area contributed by atoms with Gasteiger partial charge in [-0.1, -0.05) is 32.0 Å². The third-order valence-electron chi connectivity index (χ3n) is 2.87. The number of benzene rings is 2. The van der Waals surface area contributed by atoms with Crippen molar-refractivity contribution in [2.75, 3.05) is 11.9 Å². The highest BCUT2D eigenvalue weighted by Crippen LogP contribution is 2.12. The summed E-state index contributed by atoms with van der Waals surface area (Å²) >= 11 is 5.18. The molecule has 120 valence electrons. The van der Waals surface area contributed by atoms with Crippen molar-refractivity contribution < 1.29 is 4.74 Å². The van der Waals surface area contributed by atoms with E-state index in [0.717, 1.165) is 17.0 Å². The molecule has 4 nitrogen and oxygen atoms in total. The monoisotopic (exact) mass is 327 g/mol. The molecule has 2 aromatic carbocycles. The van der Waals surface area contributed by atoms with Crippen molar-refractivity contribution >= 4 is 29.2 Å². The van der Waals surface area contributed by atoms with Gasteiger partial charge in [-0.05, 0) is 60.1 Å². The highest BCUT2D eigenvalue weighted by Gasteiger charge is 1.97. The van der Waals surface area contributed by atoms with Crippen LogP contribution in [0.2, 0.25) is 0 Å². The van der Waals surface area contributed by atoms with Crippen molar-refractivity contribution in [3.05, 3.63) is 60.2 Å². The van der Waals surface area contributed by atoms with Crippen molar-refractivity contribution in [1.29, 1.82) is 0 Å². The number of nitrogens with one attached hydrogen (secondary N) is 2. The third kappa shape index (κ3) is 6.48. The quantitative estimate of drug-likeness (QED) is 0.477. The minimum absolute atomic E-state index is 0.448. The SMILES string of the molecule is CC(C)COc1ccc(/C=N\NC(=S)Nc2ccccc2)cc1. The number of para-hydroxylation sites is 1. The lowest BCUT2D eigenvalue weighted by molar-refractivity contribution is 0.271. The smallest absolute Gasteiger partial charge is 0.191 e. The van der Waals surface area contributed by atoms with Crippen molar-refractivity contribution in [2.45, 2.75) is 13.8 Å². The zero-order valence-corrected chi connectivity index (χ0v) is 14.1. The van der Waals surface area contributed by atoms with Gasteiger partial charge in [0.1, 0.15) is 5.75 Å². The van der Waals surface area contributed by atoms with Crippen LogP contribution >= 0.6 is 12.2 Å². The number of nitrogens with zero attached hydrogens (tertiary/aromatic N) is 1. The van der Waals surface area contributed by atoms with E-state index in [4.69, 9.17) is 17.0 Å². The summed E-state index contributed by atoms with van der Waals surface area (Å²) in [5.41, 5.74) is 4.69. The first kappa shape index (κ1) is 17.0. The third-order valence-corrected chi connectivity index (χ3v) is 3.07. The average molecular weight is 327 g/mol. The maximum absolute atomic E-state index is 5.64. The first-order chi connectivity index (χ1) is 11.1. The molecule has 0 spiro atoms. The number of thiocarbonyl (C=S) groups is 1. The van der Waals surface area contributed by atoms with Gasteiger partial charge in [-0.15, -0.1) is 0 Å². The number of hydrazone groups is 1. The van der Waals surface area contributed by atoms with E-state index in [-0.39, 0.29) is 0 Å². The molecular formula is C18H21N3OS. The molecule has 0 aliphatic rings. The van der Waals surface area contributed by atoms with E-state index in [1.807, 2.05) is 54.6 Å². The van der Waals surface area contributed by atoms with Crippen LogP contribution in [0, 0.1) is 5.92 Å². The molecule has 5 heteroatoms. The number of hydrogen-bond acceptors (Lipinski definition) is 3. The lowest BCUT2D eigenvalue weighted by atomic mass is 10.2. The highest BCUT2D eigenvalue weighted by molar-refractivity contribution is 7.80. The number of anilines is 1. The van der Waals surface area contributed by atoms with E-state index in [0.29, 0.717) is 17.6 Å². The normalized spacial score (nSPS) is 10.7. The predicted molar refractivity (Wildman–Crippen MR) is 100 cm³/mol. The first-order valence-corrected chi connectivity index (χ1v) is 7.92. The Labute approximate surface area is 142 Å². The van der Waals surface area contributed by atoms with Crippen LogP contribution in [0.25, 0.3) is 0 Å². The summed E-state index contributed by atoms with van der Waals surface area (Å²) in [6.45, 7) is 4.96. The molecule has 0 unspecified atom stereocenters. The van der Waals surface area contributed by atoms with Gasteiger partial charge in [0.05, 0.1) is 12.8 Å². The molecule has 0 saturated heterocycles. The standard InChI is InChI=1S/C18H21N3OS/c1-14(2)13-22-17-10-8-15(9-11-17)12-19-21-18(23)20-16-6-4-3-5-7-16/h3-12,14H,13H2,1-2H3,(H2,20,21,23)/b19-12-. The molecule has 0 saturated carbocycles. The Balaban J connectivity index is 1.80. The van der Waals surface area contributed by atoms with E-state index in [9.17, 15) is 0 Å². The summed E-state index contributed by atoms with van der Waals surface area (Å²) in [5, 5.41) is 7.62. The van der Waals surface area contributed by atoms with E-state index in [1.165, 1.54) is 0 Å². The summed E-state index contributed by atoms with van der Waals surface area (Å²) in [6, 6.07) is 17.5. The van der Waals surface area contributed by atoms with Crippen LogP contribution in [0.1, 0.15) is 19.4 Å². The van der Waals surface area contributed by atoms with Gasteiger partial charge in [0, 0.05) is 5.69 Å². The average Bonchev–Trinajstić information content (AvgIpc) is 2.55. The summed E-state index contributed by atoms with van der Waals surface area (Å²) in [5.74, 6) is 1.38. The minimum atomic E-state index is 0.448. The maximum atomic E-state index is 5.64. The minimum Gasteiger partial charge on any atom is -0.493 e. The van der Waals surface area contributed by atoms with Crippen LogP contribution in [-0.2, 0) is 0 Å². The van der Waals surface area contributed by atoms with Crippen LogP contribution in [0.3, 0.4) is 0 Å². The molecule has 2 aromatic rings. The molecule has 0 atom stereocenters. The van der Waals surface area contributed by atoms with Crippen molar-refractivity contribution in [1.82, 2.24) is 5.43 Å². The molecule has 0 radical (unpaired) electrons. The lowest BCUT2D eigenvalue weighted by Gasteiger charge is -2.08. The van der Waals surface area contributed by atoms with E-state index in [1.54, 1.807) is 6.21 Å². The molecule has 2 rings (SSSR count). The van der Waals surface area contributed by atoms with Gasteiger partial charge in [0.15, 0.2) is 5.11 Å². The Morgan fingerprint density at radius 1 is 1.13 bits per heavy atom. The fraction of sp³-hybridized carbons (Fsp3) is 0.222.